The van der Waals surface area contributed by atoms with E-state index in [0.29, 0.717) is 35.4 Å². The van der Waals surface area contributed by atoms with Gasteiger partial charge in [-0.1, -0.05) is 17.8 Å². The Balaban J connectivity index is 1.52. The first-order valence-corrected chi connectivity index (χ1v) is 10.2. The molecule has 0 saturated carbocycles. The zero-order valence-electron chi connectivity index (χ0n) is 17.3. The number of ether oxygens (including phenoxy) is 2. The summed E-state index contributed by atoms with van der Waals surface area (Å²) < 4.78 is 12.3. The molecule has 2 aromatic heterocycles. The third-order valence-corrected chi connectivity index (χ3v) is 5.60. The maximum atomic E-state index is 12.2. The molecule has 3 rings (SSSR count). The minimum absolute atomic E-state index is 0.0635. The van der Waals surface area contributed by atoms with Gasteiger partial charge in [-0.05, 0) is 50.5 Å². The summed E-state index contributed by atoms with van der Waals surface area (Å²) in [6.45, 7) is 6.49. The van der Waals surface area contributed by atoms with Crippen LogP contribution in [-0.4, -0.2) is 52.0 Å². The highest BCUT2D eigenvalue weighted by atomic mass is 32.2. The van der Waals surface area contributed by atoms with E-state index < -0.39 is 0 Å². The maximum Gasteiger partial charge on any atom is 0.253 e. The van der Waals surface area contributed by atoms with Gasteiger partial charge in [-0.3, -0.25) is 4.79 Å². The molecule has 0 fully saturated rings. The molecular weight excluding hydrogens is 390 g/mol. The zero-order valence-corrected chi connectivity index (χ0v) is 18.1. The molecule has 2 heterocycles. The molecule has 1 amide bonds. The summed E-state index contributed by atoms with van der Waals surface area (Å²) in [6.07, 6.45) is 0.699. The summed E-state index contributed by atoms with van der Waals surface area (Å²) in [4.78, 5) is 21.0. The van der Waals surface area contributed by atoms with Gasteiger partial charge in [-0.25, -0.2) is 9.50 Å². The van der Waals surface area contributed by atoms with E-state index in [1.807, 2.05) is 39.0 Å². The molecule has 0 saturated heterocycles. The van der Waals surface area contributed by atoms with Gasteiger partial charge in [-0.15, -0.1) is 5.10 Å². The minimum atomic E-state index is -0.0635. The standard InChI is InChI=1S/C20H25N5O3S/c1-12-13(2)22-19-23-20(24-25(19)14(12)3)29-11-18(26)21-9-8-15-6-7-16(27-4)17(10-15)28-5/h6-7,10H,8-9,11H2,1-5H3,(H,21,26). The number of aromatic nitrogens is 4. The van der Waals surface area contributed by atoms with Crippen LogP contribution in [0.5, 0.6) is 11.5 Å². The number of hydrogen-bond acceptors (Lipinski definition) is 7. The average molecular weight is 416 g/mol. The highest BCUT2D eigenvalue weighted by molar-refractivity contribution is 7.99. The van der Waals surface area contributed by atoms with Gasteiger partial charge in [0.25, 0.3) is 5.78 Å². The number of amides is 1. The van der Waals surface area contributed by atoms with E-state index >= 15 is 0 Å². The van der Waals surface area contributed by atoms with Gasteiger partial charge in [0.05, 0.1) is 20.0 Å². The number of aryl methyl sites for hydroxylation is 2. The third kappa shape index (κ3) is 4.79. The first-order valence-electron chi connectivity index (χ1n) is 9.24. The number of hydrogen-bond donors (Lipinski definition) is 1. The Bertz CT molecular complexity index is 1030. The molecule has 1 N–H and O–H groups in total. The molecule has 0 aliphatic heterocycles. The normalized spacial score (nSPS) is 10.9. The predicted octanol–water partition coefficient (Wildman–Crippen LogP) is 2.52. The van der Waals surface area contributed by atoms with Gasteiger partial charge < -0.3 is 14.8 Å². The van der Waals surface area contributed by atoms with E-state index in [4.69, 9.17) is 9.47 Å². The van der Waals surface area contributed by atoms with Gasteiger partial charge in [0, 0.05) is 17.9 Å². The van der Waals surface area contributed by atoms with E-state index in [9.17, 15) is 4.79 Å². The molecule has 0 radical (unpaired) electrons. The van der Waals surface area contributed by atoms with Crippen molar-refractivity contribution in [1.82, 2.24) is 24.9 Å². The van der Waals surface area contributed by atoms with Crippen molar-refractivity contribution in [2.75, 3.05) is 26.5 Å². The molecule has 0 bridgehead atoms. The van der Waals surface area contributed by atoms with Crippen molar-refractivity contribution >= 4 is 23.4 Å². The lowest BCUT2D eigenvalue weighted by molar-refractivity contribution is -0.118. The number of fused-ring (bicyclic) bond motifs is 1. The van der Waals surface area contributed by atoms with Gasteiger partial charge in [0.1, 0.15) is 0 Å². The smallest absolute Gasteiger partial charge is 0.253 e. The molecule has 0 aliphatic carbocycles. The largest absolute Gasteiger partial charge is 0.493 e. The van der Waals surface area contributed by atoms with Gasteiger partial charge in [0.15, 0.2) is 11.5 Å². The van der Waals surface area contributed by atoms with Crippen LogP contribution in [0.3, 0.4) is 0 Å². The van der Waals surface area contributed by atoms with Gasteiger partial charge >= 0.3 is 0 Å². The second-order valence-electron chi connectivity index (χ2n) is 6.59. The second kappa shape index (κ2) is 9.13. The number of rotatable bonds is 8. The van der Waals surface area contributed by atoms with E-state index in [-0.39, 0.29) is 11.7 Å². The summed E-state index contributed by atoms with van der Waals surface area (Å²) in [7, 11) is 3.21. The zero-order chi connectivity index (χ0) is 21.0. The van der Waals surface area contributed by atoms with Crippen LogP contribution in [0, 0.1) is 20.8 Å². The fourth-order valence-electron chi connectivity index (χ4n) is 2.86. The fraction of sp³-hybridized carbons (Fsp3) is 0.400. The van der Waals surface area contributed by atoms with Crippen LogP contribution in [0.1, 0.15) is 22.5 Å². The van der Waals surface area contributed by atoms with Crippen LogP contribution < -0.4 is 14.8 Å². The molecule has 9 heteroatoms. The number of carbonyl (C=O) groups is 1. The Morgan fingerprint density at radius 2 is 1.90 bits per heavy atom. The van der Waals surface area contributed by atoms with Crippen molar-refractivity contribution in [1.29, 1.82) is 0 Å². The van der Waals surface area contributed by atoms with Crippen LogP contribution in [0.2, 0.25) is 0 Å². The monoisotopic (exact) mass is 415 g/mol. The lowest BCUT2D eigenvalue weighted by Gasteiger charge is -2.10. The minimum Gasteiger partial charge on any atom is -0.493 e. The van der Waals surface area contributed by atoms with Gasteiger partial charge in [-0.2, -0.15) is 4.98 Å². The predicted molar refractivity (Wildman–Crippen MR) is 112 cm³/mol. The summed E-state index contributed by atoms with van der Waals surface area (Å²) in [6, 6.07) is 5.74. The lowest BCUT2D eigenvalue weighted by atomic mass is 10.1. The topological polar surface area (TPSA) is 90.6 Å². The third-order valence-electron chi connectivity index (χ3n) is 4.76. The Hall–Kier alpha value is -2.81. The fourth-order valence-corrected chi connectivity index (χ4v) is 3.51. The Morgan fingerprint density at radius 3 is 2.62 bits per heavy atom. The number of nitrogens with zero attached hydrogens (tertiary/aromatic N) is 4. The lowest BCUT2D eigenvalue weighted by Crippen LogP contribution is -2.27. The van der Waals surface area contributed by atoms with Crippen molar-refractivity contribution in [3.63, 3.8) is 0 Å². The molecule has 0 unspecified atom stereocenters. The summed E-state index contributed by atoms with van der Waals surface area (Å²) in [5.41, 5.74) is 4.09. The SMILES string of the molecule is COc1ccc(CCNC(=O)CSc2nc3nc(C)c(C)c(C)n3n2)cc1OC. The second-order valence-corrected chi connectivity index (χ2v) is 7.53. The van der Waals surface area contributed by atoms with E-state index in [1.165, 1.54) is 11.8 Å². The van der Waals surface area contributed by atoms with E-state index in [0.717, 1.165) is 22.5 Å². The van der Waals surface area contributed by atoms with Gasteiger partial charge in [0.2, 0.25) is 11.1 Å². The number of nitrogens with one attached hydrogen (secondary N) is 1. The molecule has 0 spiro atoms. The van der Waals surface area contributed by atoms with Crippen molar-refractivity contribution < 1.29 is 14.3 Å². The molecule has 154 valence electrons. The first kappa shape index (κ1) is 20.9. The average Bonchev–Trinajstić information content (AvgIpc) is 3.13. The molecular formula is C20H25N5O3S. The molecule has 0 atom stereocenters. The van der Waals surface area contributed by atoms with Crippen LogP contribution in [0.15, 0.2) is 23.4 Å². The van der Waals surface area contributed by atoms with Crippen molar-refractivity contribution in [3.8, 4) is 11.5 Å². The molecule has 0 aliphatic rings. The Kier molecular flexibility index (Phi) is 6.58. The highest BCUT2D eigenvalue weighted by Crippen LogP contribution is 2.27. The maximum absolute atomic E-state index is 12.2. The van der Waals surface area contributed by atoms with Crippen molar-refractivity contribution in [2.24, 2.45) is 0 Å². The van der Waals surface area contributed by atoms with Crippen LogP contribution in [0.25, 0.3) is 5.78 Å². The van der Waals surface area contributed by atoms with Crippen molar-refractivity contribution in [2.45, 2.75) is 32.3 Å². The molecule has 3 aromatic rings. The Labute approximate surface area is 174 Å². The highest BCUT2D eigenvalue weighted by Gasteiger charge is 2.12. The number of methoxy groups -OCH3 is 2. The molecule has 8 nitrogen and oxygen atoms in total. The summed E-state index contributed by atoms with van der Waals surface area (Å²) >= 11 is 1.30. The number of benzene rings is 1. The summed E-state index contributed by atoms with van der Waals surface area (Å²) in [5.74, 6) is 2.11. The summed E-state index contributed by atoms with van der Waals surface area (Å²) in [5, 5.41) is 7.91. The van der Waals surface area contributed by atoms with Crippen molar-refractivity contribution in [3.05, 3.63) is 40.7 Å². The molecule has 29 heavy (non-hydrogen) atoms. The van der Waals surface area contributed by atoms with Crippen LogP contribution in [-0.2, 0) is 11.2 Å². The Morgan fingerprint density at radius 1 is 1.14 bits per heavy atom. The van der Waals surface area contributed by atoms with Crippen LogP contribution in [0.4, 0.5) is 0 Å². The number of thioether (sulfide) groups is 1. The van der Waals surface area contributed by atoms with E-state index in [2.05, 4.69) is 20.4 Å². The van der Waals surface area contributed by atoms with Crippen LogP contribution >= 0.6 is 11.8 Å². The molecule has 1 aromatic carbocycles. The quantitative estimate of drug-likeness (QED) is 0.565. The van der Waals surface area contributed by atoms with E-state index in [1.54, 1.807) is 18.7 Å². The number of carbonyl (C=O) groups excluding carboxylic acids is 1. The first-order chi connectivity index (χ1) is 13.9.